The van der Waals surface area contributed by atoms with Gasteiger partial charge in [0.2, 0.25) is 5.76 Å². The summed E-state index contributed by atoms with van der Waals surface area (Å²) in [5, 5.41) is 5.06. The fourth-order valence-corrected chi connectivity index (χ4v) is 4.26. The van der Waals surface area contributed by atoms with E-state index in [1.165, 1.54) is 43.5 Å². The summed E-state index contributed by atoms with van der Waals surface area (Å²) in [6, 6.07) is 10.8. The number of urea groups is 1. The summed E-state index contributed by atoms with van der Waals surface area (Å²) in [7, 11) is 1.21. The highest BCUT2D eigenvalue weighted by Gasteiger charge is 2.34. The molecule has 13 heteroatoms. The molecule has 11 nitrogen and oxygen atoms in total. The summed E-state index contributed by atoms with van der Waals surface area (Å²) in [5.41, 5.74) is 0.776. The first-order valence-corrected chi connectivity index (χ1v) is 12.6. The standard InChI is InChI=1S/C27H23BrFN3O8/c1-3-38-22-11-15(9-19(28)24(22)39-14-23(33)30-17-6-4-5-16(29)12-17)10-20-25(34)32(27(36)31-20)13-18-7-8-21(40-18)26(35)37-2/h4-12H,3,13-14H2,1-2H3,(H,30,33)(H,31,36)/b20-10-. The number of ether oxygens (including phenoxy) is 3. The Morgan fingerprint density at radius 1 is 1.15 bits per heavy atom. The van der Waals surface area contributed by atoms with Crippen LogP contribution in [0.4, 0.5) is 14.9 Å². The summed E-state index contributed by atoms with van der Waals surface area (Å²) >= 11 is 3.40. The monoisotopic (exact) mass is 615 g/mol. The van der Waals surface area contributed by atoms with Gasteiger partial charge in [0, 0.05) is 5.69 Å². The zero-order valence-electron chi connectivity index (χ0n) is 21.3. The minimum absolute atomic E-state index is 0.00207. The van der Waals surface area contributed by atoms with Crippen LogP contribution in [0.2, 0.25) is 0 Å². The van der Waals surface area contributed by atoms with E-state index < -0.39 is 29.6 Å². The molecule has 1 saturated heterocycles. The molecule has 2 N–H and O–H groups in total. The van der Waals surface area contributed by atoms with Gasteiger partial charge < -0.3 is 29.3 Å². The fraction of sp³-hybridized carbons (Fsp3) is 0.185. The smallest absolute Gasteiger partial charge is 0.373 e. The lowest BCUT2D eigenvalue weighted by Gasteiger charge is -2.15. The molecule has 0 bridgehead atoms. The molecule has 1 aliphatic rings. The molecule has 40 heavy (non-hydrogen) atoms. The van der Waals surface area contributed by atoms with Crippen LogP contribution in [0.1, 0.15) is 28.8 Å². The highest BCUT2D eigenvalue weighted by molar-refractivity contribution is 9.10. The predicted molar refractivity (Wildman–Crippen MR) is 143 cm³/mol. The van der Waals surface area contributed by atoms with E-state index in [1.807, 2.05) is 0 Å². The summed E-state index contributed by atoms with van der Waals surface area (Å²) in [6.07, 6.45) is 1.45. The number of hydrogen-bond donors (Lipinski definition) is 2. The second-order valence-electron chi connectivity index (χ2n) is 8.25. The number of furan rings is 1. The van der Waals surface area contributed by atoms with Crippen molar-refractivity contribution in [1.29, 1.82) is 0 Å². The van der Waals surface area contributed by atoms with E-state index in [4.69, 9.17) is 13.9 Å². The third-order valence-electron chi connectivity index (χ3n) is 5.42. The average Bonchev–Trinajstić information content (AvgIpc) is 3.48. The van der Waals surface area contributed by atoms with Gasteiger partial charge in [0.1, 0.15) is 17.3 Å². The summed E-state index contributed by atoms with van der Waals surface area (Å²) in [5.74, 6) is -1.61. The number of esters is 1. The van der Waals surface area contributed by atoms with Crippen LogP contribution < -0.4 is 20.1 Å². The number of methoxy groups -OCH3 is 1. The maximum Gasteiger partial charge on any atom is 0.373 e. The normalized spacial score (nSPS) is 13.8. The molecule has 1 aromatic heterocycles. The van der Waals surface area contributed by atoms with Crippen molar-refractivity contribution in [3.8, 4) is 11.5 Å². The van der Waals surface area contributed by atoms with Crippen LogP contribution in [0, 0.1) is 5.82 Å². The lowest BCUT2D eigenvalue weighted by molar-refractivity contribution is -0.123. The van der Waals surface area contributed by atoms with Gasteiger partial charge in [-0.2, -0.15) is 0 Å². The number of rotatable bonds is 10. The largest absolute Gasteiger partial charge is 0.490 e. The molecule has 4 amide bonds. The van der Waals surface area contributed by atoms with Gasteiger partial charge in [-0.15, -0.1) is 0 Å². The minimum atomic E-state index is -0.681. The van der Waals surface area contributed by atoms with Crippen LogP contribution >= 0.6 is 15.9 Å². The molecule has 0 saturated carbocycles. The van der Waals surface area contributed by atoms with Gasteiger partial charge in [-0.3, -0.25) is 14.5 Å². The Hall–Kier alpha value is -4.65. The van der Waals surface area contributed by atoms with Gasteiger partial charge in [0.05, 0.1) is 24.7 Å². The van der Waals surface area contributed by atoms with E-state index in [0.717, 1.165) is 4.90 Å². The number of carbonyl (C=O) groups excluding carboxylic acids is 4. The number of imide groups is 1. The Balaban J connectivity index is 1.47. The average molecular weight is 616 g/mol. The second-order valence-corrected chi connectivity index (χ2v) is 9.10. The van der Waals surface area contributed by atoms with Gasteiger partial charge in [-0.1, -0.05) is 6.07 Å². The van der Waals surface area contributed by atoms with E-state index in [-0.39, 0.29) is 54.2 Å². The zero-order valence-corrected chi connectivity index (χ0v) is 22.9. The topological polar surface area (TPSA) is 136 Å². The van der Waals surface area contributed by atoms with Crippen molar-refractivity contribution in [2.24, 2.45) is 0 Å². The summed E-state index contributed by atoms with van der Waals surface area (Å²) in [4.78, 5) is 50.3. The number of hydrogen-bond acceptors (Lipinski definition) is 8. The Bertz CT molecular complexity index is 1500. The first-order chi connectivity index (χ1) is 19.2. The Labute approximate surface area is 236 Å². The number of halogens is 2. The molecule has 1 aliphatic heterocycles. The molecule has 3 aromatic rings. The Kier molecular flexibility index (Phi) is 8.84. The van der Waals surface area contributed by atoms with Crippen LogP contribution in [0.25, 0.3) is 6.08 Å². The summed E-state index contributed by atoms with van der Waals surface area (Å²) < 4.78 is 35.1. The highest BCUT2D eigenvalue weighted by Crippen LogP contribution is 2.38. The maximum atomic E-state index is 13.4. The molecular formula is C27H23BrFN3O8. The Morgan fingerprint density at radius 2 is 1.95 bits per heavy atom. The number of benzene rings is 2. The fourth-order valence-electron chi connectivity index (χ4n) is 3.69. The van der Waals surface area contributed by atoms with Crippen molar-refractivity contribution in [2.75, 3.05) is 25.6 Å². The first kappa shape index (κ1) is 28.4. The number of amides is 4. The van der Waals surface area contributed by atoms with Crippen LogP contribution in [0.3, 0.4) is 0 Å². The van der Waals surface area contributed by atoms with Crippen molar-refractivity contribution in [3.05, 3.63) is 81.6 Å². The molecule has 0 radical (unpaired) electrons. The number of nitrogens with zero attached hydrogens (tertiary/aromatic N) is 1. The first-order valence-electron chi connectivity index (χ1n) is 11.8. The quantitative estimate of drug-likeness (QED) is 0.194. The SMILES string of the molecule is CCOc1cc(/C=C2\NC(=O)N(Cc3ccc(C(=O)OC)o3)C2=O)cc(Br)c1OCC(=O)Nc1cccc(F)c1. The van der Waals surface area contributed by atoms with Crippen LogP contribution in [0.5, 0.6) is 11.5 Å². The maximum absolute atomic E-state index is 13.4. The minimum Gasteiger partial charge on any atom is -0.490 e. The predicted octanol–water partition coefficient (Wildman–Crippen LogP) is 4.48. The lowest BCUT2D eigenvalue weighted by atomic mass is 10.1. The van der Waals surface area contributed by atoms with Crippen LogP contribution in [0.15, 0.2) is 63.1 Å². The van der Waals surface area contributed by atoms with Crippen LogP contribution in [-0.2, 0) is 20.9 Å². The van der Waals surface area contributed by atoms with Crippen molar-refractivity contribution in [2.45, 2.75) is 13.5 Å². The molecule has 1 fully saturated rings. The highest BCUT2D eigenvalue weighted by atomic mass is 79.9. The molecule has 0 atom stereocenters. The number of anilines is 1. The van der Waals surface area contributed by atoms with Crippen LogP contribution in [-0.4, -0.2) is 49.0 Å². The Morgan fingerprint density at radius 3 is 2.67 bits per heavy atom. The van der Waals surface area contributed by atoms with Crippen molar-refractivity contribution in [1.82, 2.24) is 10.2 Å². The van der Waals surface area contributed by atoms with Crippen molar-refractivity contribution < 1.29 is 42.2 Å². The second kappa shape index (κ2) is 12.5. The molecule has 208 valence electrons. The number of carbonyl (C=O) groups is 4. The number of nitrogens with one attached hydrogen (secondary N) is 2. The van der Waals surface area contributed by atoms with Gasteiger partial charge >= 0.3 is 12.0 Å². The lowest BCUT2D eigenvalue weighted by Crippen LogP contribution is -2.30. The van der Waals surface area contributed by atoms with Gasteiger partial charge in [0.15, 0.2) is 18.1 Å². The van der Waals surface area contributed by atoms with Gasteiger partial charge in [-0.05, 0) is 77.0 Å². The summed E-state index contributed by atoms with van der Waals surface area (Å²) in [6.45, 7) is 1.46. The third kappa shape index (κ3) is 6.67. The molecule has 0 spiro atoms. The van der Waals surface area contributed by atoms with E-state index >= 15 is 0 Å². The zero-order chi connectivity index (χ0) is 28.8. The molecular weight excluding hydrogens is 593 g/mol. The van der Waals surface area contributed by atoms with Crippen molar-refractivity contribution >= 4 is 51.5 Å². The molecule has 0 unspecified atom stereocenters. The molecule has 2 heterocycles. The van der Waals surface area contributed by atoms with Crippen molar-refractivity contribution in [3.63, 3.8) is 0 Å². The van der Waals surface area contributed by atoms with Gasteiger partial charge in [-0.25, -0.2) is 14.0 Å². The third-order valence-corrected chi connectivity index (χ3v) is 6.01. The van der Waals surface area contributed by atoms with Gasteiger partial charge in [0.25, 0.3) is 11.8 Å². The van der Waals surface area contributed by atoms with E-state index in [2.05, 4.69) is 31.3 Å². The van der Waals surface area contributed by atoms with E-state index in [1.54, 1.807) is 25.1 Å². The van der Waals surface area contributed by atoms with E-state index in [9.17, 15) is 23.6 Å². The molecule has 2 aromatic carbocycles. The van der Waals surface area contributed by atoms with E-state index in [0.29, 0.717) is 10.0 Å². The molecule has 0 aliphatic carbocycles. The molecule has 4 rings (SSSR count).